The average molecular weight is 426 g/mol. The van der Waals surface area contributed by atoms with Gasteiger partial charge in [0.2, 0.25) is 0 Å². The molecule has 2 aromatic rings. The van der Waals surface area contributed by atoms with Crippen LogP contribution >= 0.6 is 0 Å². The number of nitrogens with zero attached hydrogens (tertiary/aromatic N) is 4. The molecule has 160 valence electrons. The number of pyridine rings is 2. The third-order valence-corrected chi connectivity index (χ3v) is 6.00. The van der Waals surface area contributed by atoms with E-state index in [1.807, 2.05) is 18.2 Å². The normalized spacial score (nSPS) is 13.1. The highest BCUT2D eigenvalue weighted by atomic mass is 16.2. The average Bonchev–Trinajstić information content (AvgIpc) is 2.82. The van der Waals surface area contributed by atoms with Gasteiger partial charge in [0.1, 0.15) is 0 Å². The summed E-state index contributed by atoms with van der Waals surface area (Å²) >= 11 is 0. The highest BCUT2D eigenvalue weighted by Gasteiger charge is 2.19. The smallest absolute Gasteiger partial charge is 0.324 e. The first-order valence-corrected chi connectivity index (χ1v) is 10.7. The SMILES string of the molecule is O=C(Cn1cccc2c(=O)n(Cc3cccnc3)c(=O)nc1-2)c1ccc2c(c1)CCCC2. The van der Waals surface area contributed by atoms with Crippen LogP contribution in [0.5, 0.6) is 0 Å². The molecule has 1 aliphatic carbocycles. The van der Waals surface area contributed by atoms with Crippen LogP contribution in [0.4, 0.5) is 0 Å². The number of rotatable bonds is 5. The first-order chi connectivity index (χ1) is 15.6. The standard InChI is InChI=1S/C25H22N4O3/c30-22(20-10-9-18-6-1-2-7-19(18)13-20)16-28-12-4-8-21-23(28)27-25(32)29(24(21)31)15-17-5-3-11-26-14-17/h3-5,8-14H,1-2,6-7,15-16H2. The van der Waals surface area contributed by atoms with Crippen LogP contribution < -0.4 is 11.2 Å². The quantitative estimate of drug-likeness (QED) is 0.458. The molecule has 3 heterocycles. The summed E-state index contributed by atoms with van der Waals surface area (Å²) in [4.78, 5) is 46.9. The van der Waals surface area contributed by atoms with Gasteiger partial charge in [-0.25, -0.2) is 4.79 Å². The Morgan fingerprint density at radius 1 is 1.00 bits per heavy atom. The summed E-state index contributed by atoms with van der Waals surface area (Å²) < 4.78 is 2.67. The van der Waals surface area contributed by atoms with Gasteiger partial charge in [-0.3, -0.25) is 19.1 Å². The Morgan fingerprint density at radius 3 is 2.66 bits per heavy atom. The Morgan fingerprint density at radius 2 is 1.84 bits per heavy atom. The van der Waals surface area contributed by atoms with Crippen molar-refractivity contribution >= 4 is 5.78 Å². The molecule has 5 rings (SSSR count). The number of Topliss-reactive ketones (excluding diaryl/α,β-unsaturated/α-hetero) is 1. The molecule has 0 radical (unpaired) electrons. The van der Waals surface area contributed by atoms with Crippen LogP contribution in [-0.4, -0.2) is 24.9 Å². The van der Waals surface area contributed by atoms with Crippen LogP contribution in [0.15, 0.2) is 70.6 Å². The second-order valence-corrected chi connectivity index (χ2v) is 8.13. The van der Waals surface area contributed by atoms with Crippen molar-refractivity contribution in [2.45, 2.75) is 38.8 Å². The van der Waals surface area contributed by atoms with Crippen LogP contribution in [0.1, 0.15) is 39.9 Å². The summed E-state index contributed by atoms with van der Waals surface area (Å²) in [5.74, 6) is 0.140. The maximum absolute atomic E-state index is 13.0. The van der Waals surface area contributed by atoms with Gasteiger partial charge in [0.05, 0.1) is 18.7 Å². The monoisotopic (exact) mass is 426 g/mol. The van der Waals surface area contributed by atoms with E-state index in [2.05, 4.69) is 9.97 Å². The van der Waals surface area contributed by atoms with Crippen molar-refractivity contribution in [1.82, 2.24) is 19.1 Å². The summed E-state index contributed by atoms with van der Waals surface area (Å²) in [7, 11) is 0. The van der Waals surface area contributed by atoms with Crippen LogP contribution in [0.25, 0.3) is 11.4 Å². The van der Waals surface area contributed by atoms with E-state index in [4.69, 9.17) is 0 Å². The van der Waals surface area contributed by atoms with E-state index < -0.39 is 11.2 Å². The Bertz CT molecular complexity index is 1390. The van der Waals surface area contributed by atoms with E-state index in [0.29, 0.717) is 11.1 Å². The lowest BCUT2D eigenvalue weighted by Gasteiger charge is -2.17. The molecule has 7 heteroatoms. The van der Waals surface area contributed by atoms with Crippen LogP contribution in [0.2, 0.25) is 0 Å². The molecule has 0 unspecified atom stereocenters. The van der Waals surface area contributed by atoms with Gasteiger partial charge in [0, 0.05) is 24.2 Å². The molecule has 0 saturated heterocycles. The zero-order valence-electron chi connectivity index (χ0n) is 17.5. The Hall–Kier alpha value is -3.87. The summed E-state index contributed by atoms with van der Waals surface area (Å²) in [6.45, 7) is 0.103. The third kappa shape index (κ3) is 3.77. The minimum atomic E-state index is -0.646. The number of carbonyl (C=O) groups is 1. The largest absolute Gasteiger partial charge is 0.352 e. The molecule has 0 spiro atoms. The lowest BCUT2D eigenvalue weighted by Crippen LogP contribution is -2.38. The molecule has 0 amide bonds. The molecule has 3 aliphatic rings. The van der Waals surface area contributed by atoms with Gasteiger partial charge in [-0.05, 0) is 66.6 Å². The van der Waals surface area contributed by atoms with E-state index in [1.54, 1.807) is 47.4 Å². The molecule has 0 saturated carbocycles. The fourth-order valence-electron chi connectivity index (χ4n) is 4.31. The fourth-order valence-corrected chi connectivity index (χ4v) is 4.31. The maximum Gasteiger partial charge on any atom is 0.352 e. The predicted molar refractivity (Wildman–Crippen MR) is 120 cm³/mol. The molecule has 0 bridgehead atoms. The number of aromatic nitrogens is 4. The van der Waals surface area contributed by atoms with E-state index in [1.165, 1.54) is 17.5 Å². The van der Waals surface area contributed by atoms with Crippen molar-refractivity contribution < 1.29 is 4.79 Å². The summed E-state index contributed by atoms with van der Waals surface area (Å²) in [6.07, 6.45) is 9.30. The molecule has 32 heavy (non-hydrogen) atoms. The van der Waals surface area contributed by atoms with Crippen LogP contribution in [-0.2, 0) is 25.9 Å². The van der Waals surface area contributed by atoms with E-state index in [0.717, 1.165) is 29.4 Å². The number of hydrogen-bond acceptors (Lipinski definition) is 5. The molecule has 0 atom stereocenters. The van der Waals surface area contributed by atoms with E-state index in [9.17, 15) is 14.4 Å². The minimum Gasteiger partial charge on any atom is -0.324 e. The highest BCUT2D eigenvalue weighted by Crippen LogP contribution is 2.23. The predicted octanol–water partition coefficient (Wildman–Crippen LogP) is 2.71. The molecule has 0 N–H and O–H groups in total. The second-order valence-electron chi connectivity index (χ2n) is 8.13. The van der Waals surface area contributed by atoms with Crippen LogP contribution in [0, 0.1) is 0 Å². The number of ketones is 1. The third-order valence-electron chi connectivity index (χ3n) is 6.00. The van der Waals surface area contributed by atoms with Gasteiger partial charge in [0.25, 0.3) is 5.56 Å². The molecular weight excluding hydrogens is 404 g/mol. The second kappa shape index (κ2) is 8.34. The van der Waals surface area contributed by atoms with Gasteiger partial charge < -0.3 is 4.57 Å². The Labute approximate surface area is 184 Å². The van der Waals surface area contributed by atoms with Gasteiger partial charge in [-0.15, -0.1) is 0 Å². The highest BCUT2D eigenvalue weighted by molar-refractivity contribution is 5.96. The molecule has 1 aromatic carbocycles. The summed E-state index contributed by atoms with van der Waals surface area (Å²) in [5.41, 5.74) is 3.16. The molecule has 7 nitrogen and oxygen atoms in total. The molecular formula is C25H22N4O3. The summed E-state index contributed by atoms with van der Waals surface area (Å²) in [6, 6.07) is 12.8. The topological polar surface area (TPSA) is 86.9 Å². The number of carbonyl (C=O) groups excluding carboxylic acids is 1. The Kier molecular flexibility index (Phi) is 5.23. The lowest BCUT2D eigenvalue weighted by molar-refractivity contribution is 0.0972. The van der Waals surface area contributed by atoms with E-state index >= 15 is 0 Å². The maximum atomic E-state index is 13.0. The van der Waals surface area contributed by atoms with Crippen molar-refractivity contribution in [3.05, 3.63) is 104 Å². The minimum absolute atomic E-state index is 0.00856. The van der Waals surface area contributed by atoms with Gasteiger partial charge in [-0.2, -0.15) is 4.98 Å². The Balaban J connectivity index is 1.48. The van der Waals surface area contributed by atoms with Crippen molar-refractivity contribution in [1.29, 1.82) is 0 Å². The molecule has 0 fully saturated rings. The fraction of sp³-hybridized carbons (Fsp3) is 0.240. The first-order valence-electron chi connectivity index (χ1n) is 10.7. The summed E-state index contributed by atoms with van der Waals surface area (Å²) in [5, 5.41) is 0. The van der Waals surface area contributed by atoms with Crippen molar-refractivity contribution in [2.24, 2.45) is 0 Å². The molecule has 2 aliphatic heterocycles. The van der Waals surface area contributed by atoms with Crippen molar-refractivity contribution in [3.63, 3.8) is 0 Å². The van der Waals surface area contributed by atoms with Gasteiger partial charge >= 0.3 is 5.69 Å². The lowest BCUT2D eigenvalue weighted by atomic mass is 9.90. The number of fused-ring (bicyclic) bond motifs is 2. The molecule has 1 aromatic heterocycles. The van der Waals surface area contributed by atoms with Crippen molar-refractivity contribution in [2.75, 3.05) is 0 Å². The number of hydrogen-bond donors (Lipinski definition) is 0. The zero-order valence-corrected chi connectivity index (χ0v) is 17.5. The van der Waals surface area contributed by atoms with Crippen LogP contribution in [0.3, 0.4) is 0 Å². The van der Waals surface area contributed by atoms with E-state index in [-0.39, 0.29) is 24.7 Å². The number of benzene rings is 1. The first kappa shape index (κ1) is 20.1. The van der Waals surface area contributed by atoms with Gasteiger partial charge in [-0.1, -0.05) is 18.2 Å². The van der Waals surface area contributed by atoms with Crippen molar-refractivity contribution in [3.8, 4) is 11.4 Å². The number of aryl methyl sites for hydroxylation is 2. The van der Waals surface area contributed by atoms with Gasteiger partial charge in [0.15, 0.2) is 11.6 Å². The zero-order chi connectivity index (χ0) is 22.1.